The number of piperazine rings is 1. The summed E-state index contributed by atoms with van der Waals surface area (Å²) in [6.07, 6.45) is 0.291. The zero-order chi connectivity index (χ0) is 42.2. The molecule has 6 heterocycles. The van der Waals surface area contributed by atoms with Gasteiger partial charge in [-0.15, -0.1) is 0 Å². The molecule has 0 unspecified atom stereocenters. The van der Waals surface area contributed by atoms with Crippen LogP contribution < -0.4 is 15.5 Å². The molecule has 0 aliphatic carbocycles. The molecule has 3 aliphatic rings. The zero-order valence-corrected chi connectivity index (χ0v) is 33.6. The van der Waals surface area contributed by atoms with E-state index in [0.717, 1.165) is 36.2 Å². The summed E-state index contributed by atoms with van der Waals surface area (Å²) < 4.78 is 45.3. The minimum Gasteiger partial charge on any atom is -0.477 e. The standard InChI is InChI=1S/C39H45ClF3N11O5/c1-49(2)27-5-7-32(45-19-27)53-21-29(34(48-53)39(41,42)43)31-20-46-35(50(31)3)36(57)47-26-4-6-28(30(40)16-26)38(59)52-12-10-51(11-13-52)37(58)25-8-14-54(15-9-25,23-33(55)56)22-24-17-44-18-24/h4-7,16,19-21,24-25,44H,8-15,17-18,22-23H2,1-3H3,(H-,47,55,56,57,59)/p+1. The van der Waals surface area contributed by atoms with Crippen molar-refractivity contribution in [3.8, 4) is 17.1 Å². The third-order valence-electron chi connectivity index (χ3n) is 11.5. The number of nitrogens with zero attached hydrogens (tertiary/aromatic N) is 9. The second-order valence-corrected chi connectivity index (χ2v) is 16.1. The van der Waals surface area contributed by atoms with Gasteiger partial charge in [-0.05, 0) is 30.3 Å². The highest BCUT2D eigenvalue weighted by molar-refractivity contribution is 6.34. The quantitative estimate of drug-likeness (QED) is 0.190. The van der Waals surface area contributed by atoms with E-state index in [-0.39, 0.29) is 63.5 Å². The minimum absolute atomic E-state index is 0.00709. The fourth-order valence-electron chi connectivity index (χ4n) is 8.13. The summed E-state index contributed by atoms with van der Waals surface area (Å²) in [7, 11) is 5.04. The van der Waals surface area contributed by atoms with Crippen molar-refractivity contribution in [2.75, 3.05) is 89.8 Å². The van der Waals surface area contributed by atoms with E-state index in [4.69, 9.17) is 11.6 Å². The van der Waals surface area contributed by atoms with Crippen LogP contribution in [0.15, 0.2) is 48.9 Å². The fourth-order valence-corrected chi connectivity index (χ4v) is 8.39. The van der Waals surface area contributed by atoms with Crippen LogP contribution in [-0.2, 0) is 22.8 Å². The van der Waals surface area contributed by atoms with Crippen molar-refractivity contribution in [1.82, 2.24) is 39.4 Å². The molecule has 3 saturated heterocycles. The average Bonchev–Trinajstić information content (AvgIpc) is 3.80. The Morgan fingerprint density at radius 3 is 2.27 bits per heavy atom. The van der Waals surface area contributed by atoms with Crippen LogP contribution in [0.2, 0.25) is 5.02 Å². The van der Waals surface area contributed by atoms with E-state index < -0.39 is 23.7 Å². The summed E-state index contributed by atoms with van der Waals surface area (Å²) in [6, 6.07) is 7.63. The number of carbonyl (C=O) groups is 4. The largest absolute Gasteiger partial charge is 0.477 e. The van der Waals surface area contributed by atoms with Gasteiger partial charge in [-0.1, -0.05) is 11.6 Å². The Kier molecular flexibility index (Phi) is 11.7. The van der Waals surface area contributed by atoms with Crippen molar-refractivity contribution in [2.45, 2.75) is 19.0 Å². The lowest BCUT2D eigenvalue weighted by Crippen LogP contribution is -2.62. The molecule has 4 aromatic rings. The third kappa shape index (κ3) is 8.91. The van der Waals surface area contributed by atoms with Crippen LogP contribution in [0.1, 0.15) is 39.5 Å². The van der Waals surface area contributed by atoms with Gasteiger partial charge in [-0.3, -0.25) is 14.4 Å². The smallest absolute Gasteiger partial charge is 0.435 e. The highest BCUT2D eigenvalue weighted by Gasteiger charge is 2.42. The van der Waals surface area contributed by atoms with Gasteiger partial charge in [0.15, 0.2) is 23.9 Å². The monoisotopic (exact) mass is 840 g/mol. The Hall–Kier alpha value is -5.53. The van der Waals surface area contributed by atoms with Crippen molar-refractivity contribution in [2.24, 2.45) is 18.9 Å². The number of alkyl halides is 3. The van der Waals surface area contributed by atoms with Gasteiger partial charge in [0.2, 0.25) is 5.91 Å². The number of rotatable bonds is 11. The molecular weight excluding hydrogens is 795 g/mol. The number of aromatic nitrogens is 5. The Labute approximate surface area is 343 Å². The van der Waals surface area contributed by atoms with Gasteiger partial charge in [0.25, 0.3) is 11.8 Å². The Morgan fingerprint density at radius 2 is 1.69 bits per heavy atom. The molecule has 3 N–H and O–H groups in total. The summed E-state index contributed by atoms with van der Waals surface area (Å²) in [5, 5.41) is 19.3. The number of carboxylic acid groups (broad SMARTS) is 1. The first kappa shape index (κ1) is 41.6. The number of benzene rings is 1. The van der Waals surface area contributed by atoms with Crippen molar-refractivity contribution >= 4 is 46.7 Å². The number of anilines is 2. The number of pyridine rings is 1. The summed E-state index contributed by atoms with van der Waals surface area (Å²) in [5.41, 5.74) is -0.295. The van der Waals surface area contributed by atoms with Crippen molar-refractivity contribution in [3.05, 3.63) is 71.0 Å². The van der Waals surface area contributed by atoms with Gasteiger partial charge < -0.3 is 39.5 Å². The number of carbonyl (C=O) groups excluding carboxylic acids is 3. The molecule has 20 heteroatoms. The molecule has 16 nitrogen and oxygen atoms in total. The summed E-state index contributed by atoms with van der Waals surface area (Å²) >= 11 is 6.56. The number of hydrogen-bond donors (Lipinski definition) is 3. The average molecular weight is 841 g/mol. The number of quaternary nitrogens is 1. The summed E-state index contributed by atoms with van der Waals surface area (Å²) in [5.74, 6) is -1.59. The molecule has 314 valence electrons. The summed E-state index contributed by atoms with van der Waals surface area (Å²) in [4.78, 5) is 65.6. The van der Waals surface area contributed by atoms with Gasteiger partial charge in [0, 0.05) is 97.0 Å². The number of nitrogens with one attached hydrogen (secondary N) is 2. The first-order valence-corrected chi connectivity index (χ1v) is 19.7. The van der Waals surface area contributed by atoms with Crippen LogP contribution in [-0.4, -0.2) is 147 Å². The summed E-state index contributed by atoms with van der Waals surface area (Å²) in [6.45, 7) is 5.27. The van der Waals surface area contributed by atoms with E-state index in [1.807, 2.05) is 14.1 Å². The van der Waals surface area contributed by atoms with Crippen LogP contribution in [0.5, 0.6) is 0 Å². The van der Waals surface area contributed by atoms with Crippen LogP contribution in [0.3, 0.4) is 0 Å². The Morgan fingerprint density at radius 1 is 1.00 bits per heavy atom. The lowest BCUT2D eigenvalue weighted by Gasteiger charge is -2.46. The SMILES string of the molecule is CN(C)c1ccc(-n2cc(-c3cnc(C(=O)Nc4ccc(C(=O)N5CCN(C(=O)C6CC[N+](CC(=O)O)(CC7CNC7)CC6)CC5)c(Cl)c4)n3C)c(C(F)(F)F)n2)nc1. The van der Waals surface area contributed by atoms with Gasteiger partial charge in [-0.2, -0.15) is 18.3 Å². The van der Waals surface area contributed by atoms with Gasteiger partial charge in [0.05, 0.1) is 59.6 Å². The second kappa shape index (κ2) is 16.6. The van der Waals surface area contributed by atoms with Crippen LogP contribution in [0, 0.1) is 11.8 Å². The van der Waals surface area contributed by atoms with Crippen LogP contribution in [0.25, 0.3) is 17.1 Å². The maximum absolute atomic E-state index is 14.2. The molecule has 0 spiro atoms. The molecule has 3 amide bonds. The highest BCUT2D eigenvalue weighted by Crippen LogP contribution is 2.37. The predicted octanol–water partition coefficient (Wildman–Crippen LogP) is 3.47. The van der Waals surface area contributed by atoms with Crippen molar-refractivity contribution in [1.29, 1.82) is 0 Å². The van der Waals surface area contributed by atoms with E-state index >= 15 is 0 Å². The molecule has 0 radical (unpaired) electrons. The van der Waals surface area contributed by atoms with E-state index in [9.17, 15) is 37.5 Å². The van der Waals surface area contributed by atoms with Crippen LogP contribution in [0.4, 0.5) is 24.5 Å². The first-order chi connectivity index (χ1) is 28.0. The molecule has 7 rings (SSSR count). The molecular formula is C39H46ClF3N11O5+. The number of imidazole rings is 1. The molecule has 3 aliphatic heterocycles. The molecule has 0 saturated carbocycles. The third-order valence-corrected chi connectivity index (χ3v) is 11.8. The topological polar surface area (TPSA) is 171 Å². The lowest BCUT2D eigenvalue weighted by molar-refractivity contribution is -0.929. The number of amides is 3. The minimum atomic E-state index is -4.82. The number of carboxylic acids is 1. The van der Waals surface area contributed by atoms with E-state index in [1.165, 1.54) is 42.2 Å². The van der Waals surface area contributed by atoms with E-state index in [0.29, 0.717) is 62.5 Å². The fraction of sp³-hybridized carbons (Fsp3) is 0.462. The molecule has 3 aromatic heterocycles. The number of halogens is 4. The normalized spacial score (nSPS) is 19.9. The van der Waals surface area contributed by atoms with Gasteiger partial charge in [0.1, 0.15) is 0 Å². The number of piperidine rings is 1. The number of aliphatic carboxylic acids is 1. The van der Waals surface area contributed by atoms with E-state index in [1.54, 1.807) is 26.8 Å². The van der Waals surface area contributed by atoms with Crippen LogP contribution >= 0.6 is 11.6 Å². The maximum Gasteiger partial charge on any atom is 0.435 e. The molecule has 0 bridgehead atoms. The first-order valence-electron chi connectivity index (χ1n) is 19.3. The number of hydrogen-bond acceptors (Lipinski definition) is 9. The molecule has 59 heavy (non-hydrogen) atoms. The molecule has 3 fully saturated rings. The van der Waals surface area contributed by atoms with Crippen molar-refractivity contribution < 1.29 is 41.9 Å². The Balaban J connectivity index is 0.958. The maximum atomic E-state index is 14.2. The predicted molar refractivity (Wildman–Crippen MR) is 211 cm³/mol. The van der Waals surface area contributed by atoms with E-state index in [2.05, 4.69) is 25.7 Å². The lowest BCUT2D eigenvalue weighted by atomic mass is 9.90. The Bertz CT molecular complexity index is 2220. The second-order valence-electron chi connectivity index (χ2n) is 15.7. The van der Waals surface area contributed by atoms with Gasteiger partial charge in [-0.25, -0.2) is 19.4 Å². The van der Waals surface area contributed by atoms with Crippen molar-refractivity contribution in [3.63, 3.8) is 0 Å². The highest BCUT2D eigenvalue weighted by atomic mass is 35.5. The number of likely N-dealkylation sites (tertiary alicyclic amines) is 1. The van der Waals surface area contributed by atoms with Gasteiger partial charge >= 0.3 is 12.1 Å². The zero-order valence-electron chi connectivity index (χ0n) is 32.9. The molecule has 1 aromatic carbocycles. The molecule has 0 atom stereocenters.